The molecule has 0 saturated heterocycles. The third-order valence-electron chi connectivity index (χ3n) is 5.17. The van der Waals surface area contributed by atoms with Gasteiger partial charge >= 0.3 is 0 Å². The number of hydrogen-bond acceptors (Lipinski definition) is 1. The molecule has 5 aromatic rings. The second kappa shape index (κ2) is 6.30. The average Bonchev–Trinajstić information content (AvgIpc) is 2.75. The smallest absolute Gasteiger partial charge is 0.131 e. The molecule has 27 heavy (non-hydrogen) atoms. The molecule has 0 heterocycles. The Morgan fingerprint density at radius 3 is 1.70 bits per heavy atom. The van der Waals surface area contributed by atoms with Gasteiger partial charge in [0.05, 0.1) is 0 Å². The molecule has 1 heteroatoms. The largest absolute Gasteiger partial charge is 0.507 e. The van der Waals surface area contributed by atoms with Crippen LogP contribution in [0, 0.1) is 0 Å². The molecule has 0 aromatic heterocycles. The summed E-state index contributed by atoms with van der Waals surface area (Å²) in [7, 11) is 0. The van der Waals surface area contributed by atoms with Gasteiger partial charge in [-0.25, -0.2) is 0 Å². The maximum Gasteiger partial charge on any atom is 0.131 e. The standard InChI is InChI=1S/C26H18O/c27-26-22-15-8-7-14-21(22)24(19-12-5-2-6-13-19)23-17-9-16-20(25(23)26)18-10-3-1-4-11-18/h1-17,27H. The fourth-order valence-corrected chi connectivity index (χ4v) is 3.98. The SMILES string of the molecule is Oc1c2ccccc2c(-c2ccccc2)c2cccc(-c3ccccc3)c12. The monoisotopic (exact) mass is 346 g/mol. The molecule has 0 aliphatic carbocycles. The minimum Gasteiger partial charge on any atom is -0.507 e. The molecule has 1 N–H and O–H groups in total. The Morgan fingerprint density at radius 1 is 0.444 bits per heavy atom. The molecule has 0 aliphatic rings. The lowest BCUT2D eigenvalue weighted by atomic mass is 9.88. The molecule has 0 aliphatic heterocycles. The van der Waals surface area contributed by atoms with Crippen molar-refractivity contribution < 1.29 is 5.11 Å². The van der Waals surface area contributed by atoms with Crippen LogP contribution in [0.4, 0.5) is 0 Å². The highest BCUT2D eigenvalue weighted by Crippen LogP contribution is 2.45. The zero-order chi connectivity index (χ0) is 18.2. The number of fused-ring (bicyclic) bond motifs is 2. The van der Waals surface area contributed by atoms with Crippen molar-refractivity contribution in [3.05, 3.63) is 103 Å². The van der Waals surface area contributed by atoms with Crippen LogP contribution in [0.25, 0.3) is 43.8 Å². The summed E-state index contributed by atoms with van der Waals surface area (Å²) in [5.41, 5.74) is 4.47. The number of phenols is 1. The summed E-state index contributed by atoms with van der Waals surface area (Å²) in [6.45, 7) is 0. The van der Waals surface area contributed by atoms with E-state index >= 15 is 0 Å². The molecule has 0 spiro atoms. The van der Waals surface area contributed by atoms with Gasteiger partial charge in [0.15, 0.2) is 0 Å². The van der Waals surface area contributed by atoms with E-state index in [1.165, 1.54) is 0 Å². The second-order valence-corrected chi connectivity index (χ2v) is 6.73. The minimum atomic E-state index is 0.347. The summed E-state index contributed by atoms with van der Waals surface area (Å²) < 4.78 is 0. The maximum absolute atomic E-state index is 11.2. The Labute approximate surface area is 158 Å². The lowest BCUT2D eigenvalue weighted by Gasteiger charge is -2.17. The van der Waals surface area contributed by atoms with E-state index in [1.54, 1.807) is 0 Å². The molecule has 0 saturated carbocycles. The van der Waals surface area contributed by atoms with Crippen molar-refractivity contribution in [3.63, 3.8) is 0 Å². The average molecular weight is 346 g/mol. The van der Waals surface area contributed by atoms with Crippen molar-refractivity contribution in [1.29, 1.82) is 0 Å². The van der Waals surface area contributed by atoms with Crippen molar-refractivity contribution in [2.24, 2.45) is 0 Å². The normalized spacial score (nSPS) is 11.1. The molecule has 0 unspecified atom stereocenters. The highest BCUT2D eigenvalue weighted by Gasteiger charge is 2.17. The van der Waals surface area contributed by atoms with Crippen LogP contribution in [-0.2, 0) is 0 Å². The zero-order valence-electron chi connectivity index (χ0n) is 14.8. The topological polar surface area (TPSA) is 20.2 Å². The third kappa shape index (κ3) is 2.48. The summed E-state index contributed by atoms with van der Waals surface area (Å²) >= 11 is 0. The minimum absolute atomic E-state index is 0.347. The van der Waals surface area contributed by atoms with Gasteiger partial charge in [-0.2, -0.15) is 0 Å². The van der Waals surface area contributed by atoms with Crippen LogP contribution in [0.1, 0.15) is 0 Å². The van der Waals surface area contributed by atoms with E-state index in [2.05, 4.69) is 60.7 Å². The lowest BCUT2D eigenvalue weighted by Crippen LogP contribution is -1.89. The fraction of sp³-hybridized carbons (Fsp3) is 0. The molecule has 0 atom stereocenters. The molecule has 0 amide bonds. The second-order valence-electron chi connectivity index (χ2n) is 6.73. The van der Waals surface area contributed by atoms with Gasteiger partial charge in [0, 0.05) is 10.8 Å². The Bertz CT molecular complexity index is 1260. The van der Waals surface area contributed by atoms with E-state index < -0.39 is 0 Å². The lowest BCUT2D eigenvalue weighted by molar-refractivity contribution is 0.488. The van der Waals surface area contributed by atoms with Crippen molar-refractivity contribution >= 4 is 21.5 Å². The van der Waals surface area contributed by atoms with Gasteiger partial charge in [0.2, 0.25) is 0 Å². The van der Waals surface area contributed by atoms with Gasteiger partial charge in [0.1, 0.15) is 5.75 Å². The molecule has 1 nitrogen and oxygen atoms in total. The molecule has 0 fully saturated rings. The quantitative estimate of drug-likeness (QED) is 0.340. The van der Waals surface area contributed by atoms with Crippen molar-refractivity contribution in [2.75, 3.05) is 0 Å². The molecule has 5 rings (SSSR count). The van der Waals surface area contributed by atoms with Crippen molar-refractivity contribution in [3.8, 4) is 28.0 Å². The highest BCUT2D eigenvalue weighted by molar-refractivity contribution is 6.20. The Kier molecular flexibility index (Phi) is 3.65. The van der Waals surface area contributed by atoms with E-state index in [0.29, 0.717) is 5.75 Å². The first-order valence-electron chi connectivity index (χ1n) is 9.12. The number of benzene rings is 5. The van der Waals surface area contributed by atoms with Crippen LogP contribution in [0.2, 0.25) is 0 Å². The number of phenolic OH excluding ortho intramolecular Hbond substituents is 1. The zero-order valence-corrected chi connectivity index (χ0v) is 14.8. The summed E-state index contributed by atoms with van der Waals surface area (Å²) in [4.78, 5) is 0. The van der Waals surface area contributed by atoms with Crippen molar-refractivity contribution in [1.82, 2.24) is 0 Å². The van der Waals surface area contributed by atoms with Crippen LogP contribution in [-0.4, -0.2) is 5.11 Å². The van der Waals surface area contributed by atoms with Gasteiger partial charge in [0.25, 0.3) is 0 Å². The van der Waals surface area contributed by atoms with Crippen LogP contribution >= 0.6 is 0 Å². The van der Waals surface area contributed by atoms with Crippen LogP contribution in [0.3, 0.4) is 0 Å². The maximum atomic E-state index is 11.2. The van der Waals surface area contributed by atoms with Gasteiger partial charge in [-0.15, -0.1) is 0 Å². The van der Waals surface area contributed by atoms with E-state index in [0.717, 1.165) is 43.8 Å². The molecule has 5 aromatic carbocycles. The van der Waals surface area contributed by atoms with Gasteiger partial charge in [-0.3, -0.25) is 0 Å². The Hall–Kier alpha value is -3.58. The van der Waals surface area contributed by atoms with E-state index in [4.69, 9.17) is 0 Å². The van der Waals surface area contributed by atoms with E-state index in [9.17, 15) is 5.11 Å². The highest BCUT2D eigenvalue weighted by atomic mass is 16.3. The van der Waals surface area contributed by atoms with Crippen LogP contribution < -0.4 is 0 Å². The molecule has 0 bridgehead atoms. The van der Waals surface area contributed by atoms with Crippen molar-refractivity contribution in [2.45, 2.75) is 0 Å². The summed E-state index contributed by atoms with van der Waals surface area (Å²) in [6.07, 6.45) is 0. The molecule has 0 radical (unpaired) electrons. The van der Waals surface area contributed by atoms with Crippen LogP contribution in [0.5, 0.6) is 5.75 Å². The van der Waals surface area contributed by atoms with Crippen LogP contribution in [0.15, 0.2) is 103 Å². The fourth-order valence-electron chi connectivity index (χ4n) is 3.98. The first kappa shape index (κ1) is 15.7. The summed E-state index contributed by atoms with van der Waals surface area (Å²) in [5, 5.41) is 15.1. The molecular weight excluding hydrogens is 328 g/mol. The first-order chi connectivity index (χ1) is 13.3. The Morgan fingerprint density at radius 2 is 1.00 bits per heavy atom. The van der Waals surface area contributed by atoms with Gasteiger partial charge in [-0.1, -0.05) is 103 Å². The first-order valence-corrected chi connectivity index (χ1v) is 9.12. The third-order valence-corrected chi connectivity index (χ3v) is 5.17. The molecule has 128 valence electrons. The number of hydrogen-bond donors (Lipinski definition) is 1. The predicted octanol–water partition coefficient (Wildman–Crippen LogP) is 7.03. The predicted molar refractivity (Wildman–Crippen MR) is 114 cm³/mol. The van der Waals surface area contributed by atoms with E-state index in [1.807, 2.05) is 42.5 Å². The Balaban J connectivity index is 2.00. The van der Waals surface area contributed by atoms with Gasteiger partial charge in [-0.05, 0) is 33.0 Å². The number of rotatable bonds is 2. The number of aromatic hydroxyl groups is 1. The van der Waals surface area contributed by atoms with Gasteiger partial charge < -0.3 is 5.11 Å². The summed E-state index contributed by atoms with van der Waals surface area (Å²) in [5.74, 6) is 0.347. The molecular formula is C26H18O. The summed E-state index contributed by atoms with van der Waals surface area (Å²) in [6, 6.07) is 35.0. The van der Waals surface area contributed by atoms with E-state index in [-0.39, 0.29) is 0 Å².